The predicted octanol–water partition coefficient (Wildman–Crippen LogP) is 4.42. The Kier molecular flexibility index (Phi) is 4.48. The molecule has 1 saturated heterocycles. The number of hydroxylamine groups is 1. The molecule has 138 valence electrons. The number of hydrogen-bond donors (Lipinski definition) is 0. The van der Waals surface area contributed by atoms with Crippen LogP contribution in [0.5, 0.6) is 0 Å². The van der Waals surface area contributed by atoms with Crippen molar-refractivity contribution in [3.63, 3.8) is 0 Å². The van der Waals surface area contributed by atoms with Crippen LogP contribution in [0.4, 0.5) is 5.69 Å². The van der Waals surface area contributed by atoms with Crippen LogP contribution in [-0.4, -0.2) is 36.7 Å². The van der Waals surface area contributed by atoms with Gasteiger partial charge in [0.15, 0.2) is 0 Å². The highest BCUT2D eigenvalue weighted by atomic mass is 35.5. The van der Waals surface area contributed by atoms with E-state index in [1.54, 1.807) is 0 Å². The Morgan fingerprint density at radius 2 is 1.69 bits per heavy atom. The fourth-order valence-electron chi connectivity index (χ4n) is 3.85. The van der Waals surface area contributed by atoms with Crippen LogP contribution in [0.25, 0.3) is 0 Å². The summed E-state index contributed by atoms with van der Waals surface area (Å²) in [5.41, 5.74) is 2.38. The number of benzene rings is 2. The van der Waals surface area contributed by atoms with E-state index >= 15 is 0 Å². The Morgan fingerprint density at radius 3 is 2.35 bits per heavy atom. The first-order valence-corrected chi connectivity index (χ1v) is 9.48. The fraction of sp³-hybridized carbons (Fsp3) is 0.429. The molecular formula is C21H25ClN2O2. The number of fused-ring (bicyclic) bond motifs is 1. The van der Waals surface area contributed by atoms with Crippen LogP contribution in [0.15, 0.2) is 48.5 Å². The zero-order chi connectivity index (χ0) is 18.4. The Hall–Kier alpha value is -1.59. The summed E-state index contributed by atoms with van der Waals surface area (Å²) in [6, 6.07) is 16.5. The lowest BCUT2D eigenvalue weighted by Gasteiger charge is -2.44. The smallest absolute Gasteiger partial charge is 0.203 e. The zero-order valence-electron chi connectivity index (χ0n) is 15.5. The van der Waals surface area contributed by atoms with Gasteiger partial charge in [0, 0.05) is 29.2 Å². The molecule has 0 N–H and O–H groups in total. The third-order valence-electron chi connectivity index (χ3n) is 5.00. The highest BCUT2D eigenvalue weighted by molar-refractivity contribution is 6.30. The summed E-state index contributed by atoms with van der Waals surface area (Å²) in [6.45, 7) is 9.48. The van der Waals surface area contributed by atoms with Crippen molar-refractivity contribution < 1.29 is 9.57 Å². The van der Waals surface area contributed by atoms with Crippen LogP contribution in [-0.2, 0) is 15.3 Å². The molecule has 1 unspecified atom stereocenters. The highest BCUT2D eigenvalue weighted by Gasteiger charge is 2.53. The standard InChI is InChI=1S/C21H25ClN2O2/c1-20(2,3)24-19-10-9-17(22)15-18(19)21(26-24,16-7-5-4-6-8-16)23-11-13-25-14-12-23/h4-10,15H,11-14H2,1-3H3. The molecule has 0 spiro atoms. The van der Waals surface area contributed by atoms with E-state index in [1.165, 1.54) is 0 Å². The third-order valence-corrected chi connectivity index (χ3v) is 5.23. The fourth-order valence-corrected chi connectivity index (χ4v) is 4.02. The van der Waals surface area contributed by atoms with E-state index in [9.17, 15) is 0 Å². The molecule has 26 heavy (non-hydrogen) atoms. The van der Waals surface area contributed by atoms with Crippen molar-refractivity contribution in [1.29, 1.82) is 0 Å². The van der Waals surface area contributed by atoms with Gasteiger partial charge in [0.25, 0.3) is 0 Å². The van der Waals surface area contributed by atoms with Gasteiger partial charge in [0.2, 0.25) is 5.72 Å². The van der Waals surface area contributed by atoms with Gasteiger partial charge in [-0.1, -0.05) is 41.9 Å². The van der Waals surface area contributed by atoms with E-state index in [2.05, 4.69) is 56.0 Å². The minimum atomic E-state index is -0.696. The number of morpholine rings is 1. The number of nitrogens with zero attached hydrogens (tertiary/aromatic N) is 2. The summed E-state index contributed by atoms with van der Waals surface area (Å²) in [7, 11) is 0. The van der Waals surface area contributed by atoms with Crippen molar-refractivity contribution in [2.45, 2.75) is 32.0 Å². The van der Waals surface area contributed by atoms with Crippen molar-refractivity contribution in [3.8, 4) is 0 Å². The summed E-state index contributed by atoms with van der Waals surface area (Å²) in [6.07, 6.45) is 0. The molecule has 4 rings (SSSR count). The molecule has 2 aromatic carbocycles. The van der Waals surface area contributed by atoms with Gasteiger partial charge in [-0.25, -0.2) is 9.90 Å². The minimum Gasteiger partial charge on any atom is -0.379 e. The zero-order valence-corrected chi connectivity index (χ0v) is 16.3. The monoisotopic (exact) mass is 372 g/mol. The summed E-state index contributed by atoms with van der Waals surface area (Å²) in [5, 5.41) is 2.75. The first kappa shape index (κ1) is 17.8. The molecule has 0 aromatic heterocycles. The van der Waals surface area contributed by atoms with Gasteiger partial charge in [0.05, 0.1) is 24.4 Å². The molecule has 2 aliphatic heterocycles. The van der Waals surface area contributed by atoms with E-state index in [1.807, 2.05) is 23.3 Å². The lowest BCUT2D eigenvalue weighted by Crippen LogP contribution is -2.54. The molecular weight excluding hydrogens is 348 g/mol. The van der Waals surface area contributed by atoms with E-state index in [4.69, 9.17) is 21.2 Å². The molecule has 0 amide bonds. The van der Waals surface area contributed by atoms with Crippen LogP contribution >= 0.6 is 11.6 Å². The van der Waals surface area contributed by atoms with E-state index in [-0.39, 0.29) is 5.54 Å². The van der Waals surface area contributed by atoms with Gasteiger partial charge in [-0.15, -0.1) is 0 Å². The molecule has 0 bridgehead atoms. The summed E-state index contributed by atoms with van der Waals surface area (Å²) >= 11 is 6.42. The van der Waals surface area contributed by atoms with E-state index in [0.29, 0.717) is 13.2 Å². The maximum Gasteiger partial charge on any atom is 0.203 e. The molecule has 0 saturated carbocycles. The first-order chi connectivity index (χ1) is 12.4. The van der Waals surface area contributed by atoms with Gasteiger partial charge in [-0.2, -0.15) is 0 Å². The molecule has 4 nitrogen and oxygen atoms in total. The third kappa shape index (κ3) is 2.81. The lowest BCUT2D eigenvalue weighted by molar-refractivity contribution is -0.163. The molecule has 5 heteroatoms. The summed E-state index contributed by atoms with van der Waals surface area (Å²) in [4.78, 5) is 9.18. The molecule has 1 atom stereocenters. The molecule has 2 heterocycles. The molecule has 0 radical (unpaired) electrons. The maximum atomic E-state index is 6.81. The van der Waals surface area contributed by atoms with Crippen molar-refractivity contribution in [1.82, 2.24) is 4.90 Å². The quantitative estimate of drug-likeness (QED) is 0.778. The predicted molar refractivity (Wildman–Crippen MR) is 104 cm³/mol. The normalized spacial score (nSPS) is 23.9. The number of halogens is 1. The maximum absolute atomic E-state index is 6.81. The molecule has 2 aromatic rings. The Bertz CT molecular complexity index is 784. The largest absolute Gasteiger partial charge is 0.379 e. The van der Waals surface area contributed by atoms with Crippen LogP contribution in [0.2, 0.25) is 5.02 Å². The average molecular weight is 373 g/mol. The van der Waals surface area contributed by atoms with Gasteiger partial charge in [-0.05, 0) is 39.0 Å². The summed E-state index contributed by atoms with van der Waals surface area (Å²) < 4.78 is 5.61. The SMILES string of the molecule is CC(C)(C)N1OC(c2ccccc2)(N2CCOCC2)c2cc(Cl)ccc21. The molecule has 2 aliphatic rings. The number of rotatable bonds is 2. The van der Waals surface area contributed by atoms with Gasteiger partial charge in [-0.3, -0.25) is 4.90 Å². The molecule has 1 fully saturated rings. The van der Waals surface area contributed by atoms with Gasteiger partial charge >= 0.3 is 0 Å². The second-order valence-corrected chi connectivity index (χ2v) is 8.26. The minimum absolute atomic E-state index is 0.189. The van der Waals surface area contributed by atoms with Gasteiger partial charge in [0.1, 0.15) is 0 Å². The topological polar surface area (TPSA) is 24.9 Å². The van der Waals surface area contributed by atoms with E-state index < -0.39 is 5.72 Å². The van der Waals surface area contributed by atoms with Crippen LogP contribution in [0, 0.1) is 0 Å². The first-order valence-electron chi connectivity index (χ1n) is 9.11. The van der Waals surface area contributed by atoms with Crippen molar-refractivity contribution in [3.05, 3.63) is 64.7 Å². The number of hydrogen-bond acceptors (Lipinski definition) is 4. The lowest BCUT2D eigenvalue weighted by atomic mass is 9.91. The highest BCUT2D eigenvalue weighted by Crippen LogP contribution is 2.51. The number of ether oxygens (including phenoxy) is 1. The average Bonchev–Trinajstić information content (AvgIpc) is 2.99. The second-order valence-electron chi connectivity index (χ2n) is 7.83. The van der Waals surface area contributed by atoms with Crippen LogP contribution < -0.4 is 5.06 Å². The van der Waals surface area contributed by atoms with Crippen LogP contribution in [0.3, 0.4) is 0 Å². The number of anilines is 1. The Labute approximate surface area is 160 Å². The Balaban J connectivity index is 1.95. The Morgan fingerprint density at radius 1 is 1.00 bits per heavy atom. The van der Waals surface area contributed by atoms with Crippen LogP contribution in [0.1, 0.15) is 31.9 Å². The van der Waals surface area contributed by atoms with Crippen molar-refractivity contribution in [2.75, 3.05) is 31.4 Å². The van der Waals surface area contributed by atoms with Gasteiger partial charge < -0.3 is 4.74 Å². The van der Waals surface area contributed by atoms with Crippen molar-refractivity contribution >= 4 is 17.3 Å². The van der Waals surface area contributed by atoms with Crippen molar-refractivity contribution in [2.24, 2.45) is 0 Å². The molecule has 0 aliphatic carbocycles. The second kappa shape index (κ2) is 6.54. The summed E-state index contributed by atoms with van der Waals surface area (Å²) in [5.74, 6) is 0. The van der Waals surface area contributed by atoms with E-state index in [0.717, 1.165) is 34.9 Å².